The molecule has 6 atom stereocenters. The summed E-state index contributed by atoms with van der Waals surface area (Å²) in [6.45, 7) is 4.10. The molecule has 2 aliphatic heterocycles. The van der Waals surface area contributed by atoms with Gasteiger partial charge < -0.3 is 14.6 Å². The maximum atomic E-state index is 14.3. The zero-order valence-corrected chi connectivity index (χ0v) is 28.1. The number of phenols is 1. The van der Waals surface area contributed by atoms with E-state index in [0.717, 1.165) is 29.5 Å². The predicted molar refractivity (Wildman–Crippen MR) is 185 cm³/mol. The highest BCUT2D eigenvalue weighted by Gasteiger charge is 2.61. The van der Waals surface area contributed by atoms with Crippen LogP contribution in [0, 0.1) is 35.5 Å². The summed E-state index contributed by atoms with van der Waals surface area (Å²) in [5, 5.41) is 10.5. The van der Waals surface area contributed by atoms with Crippen molar-refractivity contribution in [1.82, 2.24) is 0 Å². The van der Waals surface area contributed by atoms with Crippen molar-refractivity contribution in [1.29, 1.82) is 0 Å². The summed E-state index contributed by atoms with van der Waals surface area (Å²) in [7, 11) is 2.90. The molecule has 2 saturated heterocycles. The molecule has 4 aliphatic rings. The lowest BCUT2D eigenvalue weighted by Crippen LogP contribution is -2.43. The highest BCUT2D eigenvalue weighted by atomic mass is 16.5. The fourth-order valence-corrected chi connectivity index (χ4v) is 8.34. The van der Waals surface area contributed by atoms with Crippen LogP contribution in [-0.4, -0.2) is 43.0 Å². The number of nitrogens with zero attached hydrogens (tertiary/aromatic N) is 2. The standard InChI is InChI=1S/C40H40N2O7/c1-5-22-7-12-25(13-8-22)41-37(44)29-18-17-27-28(16-11-24-19-32(48-3)36(43)33(20-24)49-4)34-31(21-30(27)35(29)40(41)47)38(45)42(39(34)46)26-14-9-23(6-2)10-15-26/h7-17,19-20,28-31,34-35,43H,5-6,18,21H2,1-4H3/t28-,29-,30+,31+,34-,35-/m0/s1. The first-order valence-electron chi connectivity index (χ1n) is 17.0. The highest BCUT2D eigenvalue weighted by molar-refractivity contribution is 6.24. The minimum atomic E-state index is -0.681. The Balaban J connectivity index is 1.29. The third-order valence-electron chi connectivity index (χ3n) is 10.9. The van der Waals surface area contributed by atoms with Gasteiger partial charge in [-0.3, -0.25) is 29.0 Å². The molecule has 7 rings (SSSR count). The van der Waals surface area contributed by atoms with Crippen LogP contribution in [0.5, 0.6) is 17.2 Å². The van der Waals surface area contributed by atoms with Crippen LogP contribution in [0.25, 0.3) is 6.08 Å². The maximum absolute atomic E-state index is 14.3. The molecule has 2 aliphatic carbocycles. The van der Waals surface area contributed by atoms with Gasteiger partial charge in [0, 0.05) is 5.92 Å². The van der Waals surface area contributed by atoms with Crippen LogP contribution >= 0.6 is 0 Å². The summed E-state index contributed by atoms with van der Waals surface area (Å²) in [5.74, 6) is -4.12. The van der Waals surface area contributed by atoms with Crippen molar-refractivity contribution in [3.05, 3.63) is 95.1 Å². The minimum Gasteiger partial charge on any atom is -0.502 e. The Morgan fingerprint density at radius 2 is 1.22 bits per heavy atom. The number of methoxy groups -OCH3 is 2. The molecule has 1 saturated carbocycles. The van der Waals surface area contributed by atoms with E-state index in [1.165, 1.54) is 24.0 Å². The number of anilines is 2. The second-order valence-electron chi connectivity index (χ2n) is 13.3. The molecule has 0 radical (unpaired) electrons. The number of amides is 4. The Labute approximate surface area is 285 Å². The van der Waals surface area contributed by atoms with E-state index < -0.39 is 35.5 Å². The number of hydrogen-bond donors (Lipinski definition) is 1. The van der Waals surface area contributed by atoms with Crippen molar-refractivity contribution in [3.63, 3.8) is 0 Å². The lowest BCUT2D eigenvalue weighted by molar-refractivity contribution is -0.126. The first kappa shape index (κ1) is 32.4. The third-order valence-corrected chi connectivity index (χ3v) is 10.9. The zero-order chi connectivity index (χ0) is 34.6. The van der Waals surface area contributed by atoms with Crippen LogP contribution < -0.4 is 19.3 Å². The first-order chi connectivity index (χ1) is 23.7. The van der Waals surface area contributed by atoms with Crippen molar-refractivity contribution < 1.29 is 33.8 Å². The number of carbonyl (C=O) groups excluding carboxylic acids is 4. The average Bonchev–Trinajstić information content (AvgIpc) is 3.54. The quantitative estimate of drug-likeness (QED) is 0.229. The highest BCUT2D eigenvalue weighted by Crippen LogP contribution is 2.56. The van der Waals surface area contributed by atoms with Gasteiger partial charge >= 0.3 is 0 Å². The molecule has 0 aromatic heterocycles. The van der Waals surface area contributed by atoms with Gasteiger partial charge in [0.1, 0.15) is 0 Å². The molecule has 0 bridgehead atoms. The fraction of sp³-hybridized carbons (Fsp3) is 0.350. The number of aryl methyl sites for hydroxylation is 2. The molecule has 3 fully saturated rings. The van der Waals surface area contributed by atoms with Crippen LogP contribution in [0.2, 0.25) is 0 Å². The molecule has 9 nitrogen and oxygen atoms in total. The van der Waals surface area contributed by atoms with Gasteiger partial charge in [0.25, 0.3) is 0 Å². The number of ether oxygens (including phenoxy) is 2. The summed E-state index contributed by atoms with van der Waals surface area (Å²) in [6, 6.07) is 18.3. The molecule has 0 unspecified atom stereocenters. The van der Waals surface area contributed by atoms with Crippen molar-refractivity contribution in [2.75, 3.05) is 24.0 Å². The van der Waals surface area contributed by atoms with Gasteiger partial charge in [-0.25, -0.2) is 0 Å². The number of hydrogen-bond acceptors (Lipinski definition) is 7. The molecule has 2 heterocycles. The molecule has 49 heavy (non-hydrogen) atoms. The summed E-state index contributed by atoms with van der Waals surface area (Å²) < 4.78 is 10.7. The predicted octanol–water partition coefficient (Wildman–Crippen LogP) is 6.13. The second-order valence-corrected chi connectivity index (χ2v) is 13.3. The first-order valence-corrected chi connectivity index (χ1v) is 17.0. The number of fused-ring (bicyclic) bond motifs is 4. The number of carbonyl (C=O) groups is 4. The van der Waals surface area contributed by atoms with Crippen LogP contribution in [-0.2, 0) is 32.0 Å². The Bertz CT molecular complexity index is 1870. The number of rotatable bonds is 8. The summed E-state index contributed by atoms with van der Waals surface area (Å²) in [4.78, 5) is 59.3. The van der Waals surface area contributed by atoms with E-state index in [2.05, 4.69) is 6.92 Å². The van der Waals surface area contributed by atoms with Crippen LogP contribution in [0.3, 0.4) is 0 Å². The lowest BCUT2D eigenvalue weighted by Gasteiger charge is -2.42. The van der Waals surface area contributed by atoms with E-state index in [1.807, 2.05) is 73.7 Å². The summed E-state index contributed by atoms with van der Waals surface area (Å²) in [5.41, 5.74) is 4.86. The Morgan fingerprint density at radius 3 is 1.73 bits per heavy atom. The van der Waals surface area contributed by atoms with Gasteiger partial charge in [0.2, 0.25) is 29.4 Å². The number of aromatic hydroxyl groups is 1. The summed E-state index contributed by atoms with van der Waals surface area (Å²) in [6.07, 6.45) is 8.13. The topological polar surface area (TPSA) is 113 Å². The number of imide groups is 2. The normalized spacial score (nSPS) is 26.2. The van der Waals surface area contributed by atoms with Crippen molar-refractivity contribution in [3.8, 4) is 17.2 Å². The van der Waals surface area contributed by atoms with Crippen LogP contribution in [0.1, 0.15) is 43.4 Å². The van der Waals surface area contributed by atoms with E-state index in [9.17, 15) is 24.3 Å². The van der Waals surface area contributed by atoms with Crippen molar-refractivity contribution >= 4 is 41.1 Å². The third kappa shape index (κ3) is 5.23. The Kier molecular flexibility index (Phi) is 8.38. The molecule has 9 heteroatoms. The van der Waals surface area contributed by atoms with E-state index in [1.54, 1.807) is 12.1 Å². The molecular weight excluding hydrogens is 620 g/mol. The van der Waals surface area contributed by atoms with Crippen molar-refractivity contribution in [2.45, 2.75) is 39.5 Å². The molecular formula is C40H40N2O7. The Hall–Kier alpha value is -5.18. The van der Waals surface area contributed by atoms with Gasteiger partial charge in [-0.1, -0.05) is 61.9 Å². The molecule has 3 aromatic rings. The molecule has 4 amide bonds. The molecule has 0 spiro atoms. The van der Waals surface area contributed by atoms with Gasteiger partial charge in [0.05, 0.1) is 49.3 Å². The maximum Gasteiger partial charge on any atom is 0.238 e. The van der Waals surface area contributed by atoms with E-state index in [-0.39, 0.29) is 40.9 Å². The van der Waals surface area contributed by atoms with Gasteiger partial charge in [-0.15, -0.1) is 0 Å². The van der Waals surface area contributed by atoms with Crippen LogP contribution in [0.4, 0.5) is 11.4 Å². The fourth-order valence-electron chi connectivity index (χ4n) is 8.34. The molecule has 1 N–H and O–H groups in total. The smallest absolute Gasteiger partial charge is 0.238 e. The minimum absolute atomic E-state index is 0.124. The average molecular weight is 661 g/mol. The lowest BCUT2D eigenvalue weighted by atomic mass is 9.58. The summed E-state index contributed by atoms with van der Waals surface area (Å²) >= 11 is 0. The number of allylic oxidation sites excluding steroid dienone is 3. The number of benzene rings is 3. The van der Waals surface area contributed by atoms with E-state index in [4.69, 9.17) is 9.47 Å². The molecule has 252 valence electrons. The largest absolute Gasteiger partial charge is 0.502 e. The second kappa shape index (κ2) is 12.7. The van der Waals surface area contributed by atoms with Gasteiger partial charge in [0.15, 0.2) is 11.5 Å². The monoisotopic (exact) mass is 660 g/mol. The van der Waals surface area contributed by atoms with Gasteiger partial charge in [-0.05, 0) is 84.7 Å². The van der Waals surface area contributed by atoms with Gasteiger partial charge in [-0.2, -0.15) is 0 Å². The van der Waals surface area contributed by atoms with E-state index in [0.29, 0.717) is 29.8 Å². The Morgan fingerprint density at radius 1 is 0.714 bits per heavy atom. The SMILES string of the molecule is CCc1ccc(N2C(=O)[C@H]3[C@H](CC=C4[C@H]3C[C@H]3C(=O)N(c5ccc(CC)cc5)C(=O)[C@H]3[C@H]4C=Cc3cc(OC)c(O)c(OC)c3)C2=O)cc1. The van der Waals surface area contributed by atoms with Crippen LogP contribution in [0.15, 0.2) is 78.4 Å². The van der Waals surface area contributed by atoms with Crippen molar-refractivity contribution in [2.24, 2.45) is 35.5 Å². The van der Waals surface area contributed by atoms with E-state index >= 15 is 0 Å². The number of phenolic OH excluding ortho intramolecular Hbond substituents is 1. The zero-order valence-electron chi connectivity index (χ0n) is 28.1. The molecule has 3 aromatic carbocycles.